The van der Waals surface area contributed by atoms with E-state index in [1.54, 1.807) is 0 Å². The van der Waals surface area contributed by atoms with E-state index in [2.05, 4.69) is 5.32 Å². The lowest BCUT2D eigenvalue weighted by molar-refractivity contribution is -0.165. The zero-order valence-corrected chi connectivity index (χ0v) is 9.59. The molecule has 1 aliphatic heterocycles. The molecule has 0 radical (unpaired) electrons. The molecule has 2 rings (SSSR count). The highest BCUT2D eigenvalue weighted by Gasteiger charge is 2.42. The van der Waals surface area contributed by atoms with Gasteiger partial charge in [-0.1, -0.05) is 0 Å². The molecular formula is C11H17F3N2O. The number of alkyl halides is 3. The predicted octanol–water partition coefficient (Wildman–Crippen LogP) is 1.54. The lowest BCUT2D eigenvalue weighted by atomic mass is 9.98. The normalized spacial score (nSPS) is 25.7. The van der Waals surface area contributed by atoms with E-state index in [4.69, 9.17) is 0 Å². The number of nitrogens with one attached hydrogen (secondary N) is 1. The van der Waals surface area contributed by atoms with Crippen LogP contribution < -0.4 is 5.32 Å². The second kappa shape index (κ2) is 4.84. The SMILES string of the molecule is O=C([C@@H]1CCCNC1)N(CC(F)(F)F)C1CC1. The topological polar surface area (TPSA) is 32.3 Å². The van der Waals surface area contributed by atoms with Crippen molar-refractivity contribution in [2.24, 2.45) is 5.92 Å². The summed E-state index contributed by atoms with van der Waals surface area (Å²) in [6.45, 7) is 0.277. The Morgan fingerprint density at radius 1 is 1.29 bits per heavy atom. The molecule has 2 fully saturated rings. The summed E-state index contributed by atoms with van der Waals surface area (Å²) in [5.41, 5.74) is 0. The van der Waals surface area contributed by atoms with Gasteiger partial charge in [0.1, 0.15) is 6.54 Å². The monoisotopic (exact) mass is 250 g/mol. The van der Waals surface area contributed by atoms with E-state index in [0.29, 0.717) is 25.8 Å². The summed E-state index contributed by atoms with van der Waals surface area (Å²) in [7, 11) is 0. The molecule has 1 amide bonds. The smallest absolute Gasteiger partial charge is 0.330 e. The van der Waals surface area contributed by atoms with E-state index < -0.39 is 12.7 Å². The van der Waals surface area contributed by atoms with Gasteiger partial charge in [0.05, 0.1) is 5.92 Å². The molecule has 98 valence electrons. The maximum absolute atomic E-state index is 12.4. The lowest BCUT2D eigenvalue weighted by Crippen LogP contribution is -2.47. The first kappa shape index (κ1) is 12.7. The maximum atomic E-state index is 12.4. The highest BCUT2D eigenvalue weighted by Crippen LogP contribution is 2.32. The number of halogens is 3. The van der Waals surface area contributed by atoms with Crippen molar-refractivity contribution in [1.29, 1.82) is 0 Å². The molecule has 17 heavy (non-hydrogen) atoms. The van der Waals surface area contributed by atoms with Gasteiger partial charge in [-0.05, 0) is 32.2 Å². The molecule has 0 aromatic carbocycles. The number of hydrogen-bond acceptors (Lipinski definition) is 2. The van der Waals surface area contributed by atoms with Crippen LogP contribution in [0.5, 0.6) is 0 Å². The standard InChI is InChI=1S/C11H17F3N2O/c12-11(13,14)7-16(9-3-4-9)10(17)8-2-1-5-15-6-8/h8-9,15H,1-7H2/t8-/m1/s1. The molecule has 1 heterocycles. The average Bonchev–Trinajstić information content (AvgIpc) is 3.09. The van der Waals surface area contributed by atoms with Gasteiger partial charge in [0, 0.05) is 12.6 Å². The van der Waals surface area contributed by atoms with Crippen LogP contribution in [0.25, 0.3) is 0 Å². The summed E-state index contributed by atoms with van der Waals surface area (Å²) in [6, 6.07) is -0.175. The second-order valence-corrected chi connectivity index (χ2v) is 4.86. The third-order valence-electron chi connectivity index (χ3n) is 3.27. The van der Waals surface area contributed by atoms with E-state index in [-0.39, 0.29) is 17.9 Å². The van der Waals surface area contributed by atoms with Crippen LogP contribution in [-0.4, -0.2) is 42.7 Å². The summed E-state index contributed by atoms with van der Waals surface area (Å²) in [5, 5.41) is 3.06. The first-order valence-corrected chi connectivity index (χ1v) is 6.05. The Balaban J connectivity index is 1.97. The van der Waals surface area contributed by atoms with Crippen LogP contribution in [0.3, 0.4) is 0 Å². The molecule has 0 unspecified atom stereocenters. The summed E-state index contributed by atoms with van der Waals surface area (Å²) in [5.74, 6) is -0.594. The largest absolute Gasteiger partial charge is 0.406 e. The molecular weight excluding hydrogens is 233 g/mol. The Bertz CT molecular complexity index is 283. The molecule has 6 heteroatoms. The third kappa shape index (κ3) is 3.59. The quantitative estimate of drug-likeness (QED) is 0.824. The molecule has 0 bridgehead atoms. The third-order valence-corrected chi connectivity index (χ3v) is 3.27. The van der Waals surface area contributed by atoms with Crippen LogP contribution in [0.1, 0.15) is 25.7 Å². The van der Waals surface area contributed by atoms with Crippen LogP contribution in [0, 0.1) is 5.92 Å². The van der Waals surface area contributed by atoms with Crippen LogP contribution in [0.2, 0.25) is 0 Å². The summed E-state index contributed by atoms with van der Waals surface area (Å²) >= 11 is 0. The molecule has 0 aromatic rings. The van der Waals surface area contributed by atoms with E-state index >= 15 is 0 Å². The second-order valence-electron chi connectivity index (χ2n) is 4.86. The average molecular weight is 250 g/mol. The van der Waals surface area contributed by atoms with Crippen molar-refractivity contribution in [3.8, 4) is 0 Å². The van der Waals surface area contributed by atoms with Crippen molar-refractivity contribution >= 4 is 5.91 Å². The molecule has 2 aliphatic rings. The fourth-order valence-electron chi connectivity index (χ4n) is 2.26. The Kier molecular flexibility index (Phi) is 3.61. The fourth-order valence-corrected chi connectivity index (χ4v) is 2.26. The molecule has 3 nitrogen and oxygen atoms in total. The number of carbonyl (C=O) groups excluding carboxylic acids is 1. The van der Waals surface area contributed by atoms with E-state index in [1.807, 2.05) is 0 Å². The Hall–Kier alpha value is -0.780. The van der Waals surface area contributed by atoms with Gasteiger partial charge >= 0.3 is 6.18 Å². The molecule has 0 spiro atoms. The minimum atomic E-state index is -4.29. The Labute approximate surface area is 98.3 Å². The van der Waals surface area contributed by atoms with Crippen LogP contribution in [0.4, 0.5) is 13.2 Å². The minimum Gasteiger partial charge on any atom is -0.330 e. The maximum Gasteiger partial charge on any atom is 0.406 e. The fraction of sp³-hybridized carbons (Fsp3) is 0.909. The van der Waals surface area contributed by atoms with Gasteiger partial charge in [0.2, 0.25) is 5.91 Å². The molecule has 0 aromatic heterocycles. The predicted molar refractivity (Wildman–Crippen MR) is 56.4 cm³/mol. The number of amides is 1. The van der Waals surface area contributed by atoms with Gasteiger partial charge in [-0.15, -0.1) is 0 Å². The zero-order chi connectivity index (χ0) is 12.5. The van der Waals surface area contributed by atoms with E-state index in [1.165, 1.54) is 0 Å². The summed E-state index contributed by atoms with van der Waals surface area (Å²) < 4.78 is 37.2. The van der Waals surface area contributed by atoms with Crippen molar-refractivity contribution in [1.82, 2.24) is 10.2 Å². The van der Waals surface area contributed by atoms with Gasteiger partial charge in [-0.3, -0.25) is 4.79 Å². The molecule has 1 N–H and O–H groups in total. The highest BCUT2D eigenvalue weighted by atomic mass is 19.4. The Morgan fingerprint density at radius 3 is 2.47 bits per heavy atom. The highest BCUT2D eigenvalue weighted by molar-refractivity contribution is 5.80. The zero-order valence-electron chi connectivity index (χ0n) is 9.59. The number of hydrogen-bond donors (Lipinski definition) is 1. The van der Waals surface area contributed by atoms with Gasteiger partial charge in [0.15, 0.2) is 0 Å². The molecule has 1 atom stereocenters. The lowest BCUT2D eigenvalue weighted by Gasteiger charge is -2.30. The summed E-state index contributed by atoms with van der Waals surface area (Å²) in [6.07, 6.45) is -1.31. The molecule has 1 aliphatic carbocycles. The van der Waals surface area contributed by atoms with Crippen LogP contribution in [-0.2, 0) is 4.79 Å². The molecule has 1 saturated carbocycles. The number of piperidine rings is 1. The summed E-state index contributed by atoms with van der Waals surface area (Å²) in [4.78, 5) is 13.1. The van der Waals surface area contributed by atoms with Crippen LogP contribution in [0.15, 0.2) is 0 Å². The van der Waals surface area contributed by atoms with Gasteiger partial charge < -0.3 is 10.2 Å². The van der Waals surface area contributed by atoms with Crippen molar-refractivity contribution in [3.63, 3.8) is 0 Å². The number of rotatable bonds is 3. The van der Waals surface area contributed by atoms with Crippen molar-refractivity contribution in [3.05, 3.63) is 0 Å². The number of nitrogens with zero attached hydrogens (tertiary/aromatic N) is 1. The van der Waals surface area contributed by atoms with E-state index in [9.17, 15) is 18.0 Å². The van der Waals surface area contributed by atoms with Gasteiger partial charge in [0.25, 0.3) is 0 Å². The van der Waals surface area contributed by atoms with Crippen LogP contribution >= 0.6 is 0 Å². The van der Waals surface area contributed by atoms with Gasteiger partial charge in [-0.25, -0.2) is 0 Å². The first-order chi connectivity index (χ1) is 7.97. The van der Waals surface area contributed by atoms with Crippen molar-refractivity contribution in [2.75, 3.05) is 19.6 Å². The van der Waals surface area contributed by atoms with E-state index in [0.717, 1.165) is 17.9 Å². The van der Waals surface area contributed by atoms with Gasteiger partial charge in [-0.2, -0.15) is 13.2 Å². The first-order valence-electron chi connectivity index (χ1n) is 6.05. The van der Waals surface area contributed by atoms with Crippen molar-refractivity contribution < 1.29 is 18.0 Å². The van der Waals surface area contributed by atoms with Crippen molar-refractivity contribution in [2.45, 2.75) is 37.9 Å². The molecule has 1 saturated heterocycles. The number of carbonyl (C=O) groups is 1. The minimum absolute atomic E-state index is 0.175. The Morgan fingerprint density at radius 2 is 2.00 bits per heavy atom.